The number of hydrogen-bond acceptors (Lipinski definition) is 3. The fourth-order valence-electron chi connectivity index (χ4n) is 2.33. The second-order valence-electron chi connectivity index (χ2n) is 4.76. The van der Waals surface area contributed by atoms with Gasteiger partial charge in [-0.1, -0.05) is 18.2 Å². The highest BCUT2D eigenvalue weighted by Crippen LogP contribution is 2.30. The molecule has 0 aliphatic carbocycles. The summed E-state index contributed by atoms with van der Waals surface area (Å²) in [5.74, 6) is -0.246. The van der Waals surface area contributed by atoms with Crippen molar-refractivity contribution in [3.05, 3.63) is 48.5 Å². The highest BCUT2D eigenvalue weighted by atomic mass is 16.2. The maximum absolute atomic E-state index is 11.9. The molecule has 0 radical (unpaired) electrons. The number of amides is 1. The number of aliphatic imine (C=N–C) groups is 1. The van der Waals surface area contributed by atoms with Gasteiger partial charge in [0.05, 0.1) is 6.33 Å². The highest BCUT2D eigenvalue weighted by Gasteiger charge is 2.28. The summed E-state index contributed by atoms with van der Waals surface area (Å²) in [5.41, 5.74) is 1.91. The Bertz CT molecular complexity index is 619. The van der Waals surface area contributed by atoms with Gasteiger partial charge < -0.3 is 9.88 Å². The van der Waals surface area contributed by atoms with Crippen LogP contribution in [0.1, 0.15) is 17.9 Å². The van der Waals surface area contributed by atoms with E-state index in [1.54, 1.807) is 18.7 Å². The number of anilines is 1. The molecule has 20 heavy (non-hydrogen) atoms. The van der Waals surface area contributed by atoms with E-state index >= 15 is 0 Å². The first-order valence-electron chi connectivity index (χ1n) is 6.70. The highest BCUT2D eigenvalue weighted by molar-refractivity contribution is 6.12. The van der Waals surface area contributed by atoms with Crippen molar-refractivity contribution >= 4 is 17.8 Å². The van der Waals surface area contributed by atoms with Gasteiger partial charge in [0.15, 0.2) is 0 Å². The van der Waals surface area contributed by atoms with Crippen LogP contribution in [0.4, 0.5) is 5.69 Å². The molecule has 0 saturated carbocycles. The minimum Gasteiger partial charge on any atom is -0.337 e. The van der Waals surface area contributed by atoms with Crippen LogP contribution in [0.25, 0.3) is 0 Å². The second-order valence-corrected chi connectivity index (χ2v) is 4.76. The normalized spacial score (nSPS) is 17.4. The van der Waals surface area contributed by atoms with Crippen LogP contribution < -0.4 is 5.32 Å². The van der Waals surface area contributed by atoms with Crippen molar-refractivity contribution in [1.29, 1.82) is 0 Å². The number of benzene rings is 1. The van der Waals surface area contributed by atoms with E-state index in [9.17, 15) is 4.79 Å². The zero-order chi connectivity index (χ0) is 13.8. The number of nitrogens with zero attached hydrogens (tertiary/aromatic N) is 3. The molecule has 2 heterocycles. The van der Waals surface area contributed by atoms with Crippen LogP contribution in [0.5, 0.6) is 0 Å². The van der Waals surface area contributed by atoms with Crippen molar-refractivity contribution < 1.29 is 4.79 Å². The summed E-state index contributed by atoms with van der Waals surface area (Å²) >= 11 is 0. The Balaban J connectivity index is 1.55. The van der Waals surface area contributed by atoms with E-state index in [1.807, 2.05) is 35.0 Å². The number of aromatic nitrogens is 2. The summed E-state index contributed by atoms with van der Waals surface area (Å²) in [6.45, 7) is 1.61. The Kier molecular flexibility index (Phi) is 3.58. The Morgan fingerprint density at radius 3 is 3.15 bits per heavy atom. The summed E-state index contributed by atoms with van der Waals surface area (Å²) in [7, 11) is 0. The lowest BCUT2D eigenvalue weighted by molar-refractivity contribution is -0.115. The summed E-state index contributed by atoms with van der Waals surface area (Å²) in [4.78, 5) is 20.2. The van der Waals surface area contributed by atoms with Gasteiger partial charge in [0.1, 0.15) is 5.92 Å². The minimum atomic E-state index is -0.251. The lowest BCUT2D eigenvalue weighted by Gasteiger charge is -2.02. The molecule has 102 valence electrons. The molecular formula is C15H16N4O. The number of fused-ring (bicyclic) bond motifs is 1. The molecule has 5 heteroatoms. The monoisotopic (exact) mass is 268 g/mol. The number of aryl methyl sites for hydroxylation is 1. The standard InChI is InChI=1S/C15H16N4O/c20-15-13(12-4-1-2-5-14(12)18-15)10-16-6-3-8-19-9-7-17-11-19/h1-2,4-5,7,9-11,13H,3,6,8H2,(H,18,20)/t13-/m1/s1. The number of para-hydroxylation sites is 1. The molecule has 1 aromatic heterocycles. The predicted octanol–water partition coefficient (Wildman–Crippen LogP) is 2.08. The van der Waals surface area contributed by atoms with E-state index in [0.29, 0.717) is 6.54 Å². The molecule has 0 unspecified atom stereocenters. The first-order valence-corrected chi connectivity index (χ1v) is 6.70. The zero-order valence-corrected chi connectivity index (χ0v) is 11.1. The average molecular weight is 268 g/mol. The number of rotatable bonds is 5. The molecule has 0 spiro atoms. The van der Waals surface area contributed by atoms with Gasteiger partial charge in [-0.3, -0.25) is 9.79 Å². The van der Waals surface area contributed by atoms with E-state index in [4.69, 9.17) is 0 Å². The molecule has 1 aliphatic heterocycles. The van der Waals surface area contributed by atoms with Crippen LogP contribution in [-0.4, -0.2) is 28.2 Å². The molecule has 1 aliphatic rings. The number of carbonyl (C=O) groups excluding carboxylic acids is 1. The van der Waals surface area contributed by atoms with Gasteiger partial charge >= 0.3 is 0 Å². The lowest BCUT2D eigenvalue weighted by Crippen LogP contribution is -2.13. The molecule has 1 N–H and O–H groups in total. The lowest BCUT2D eigenvalue weighted by atomic mass is 10.0. The van der Waals surface area contributed by atoms with E-state index in [-0.39, 0.29) is 11.8 Å². The number of nitrogens with one attached hydrogen (secondary N) is 1. The quantitative estimate of drug-likeness (QED) is 0.666. The van der Waals surface area contributed by atoms with Gasteiger partial charge in [0, 0.05) is 37.4 Å². The summed E-state index contributed by atoms with van der Waals surface area (Å²) < 4.78 is 2.02. The van der Waals surface area contributed by atoms with Gasteiger partial charge in [-0.25, -0.2) is 4.98 Å². The molecule has 0 fully saturated rings. The van der Waals surface area contributed by atoms with Crippen molar-refractivity contribution in [3.63, 3.8) is 0 Å². The van der Waals surface area contributed by atoms with Crippen LogP contribution in [-0.2, 0) is 11.3 Å². The second kappa shape index (κ2) is 5.69. The molecule has 3 rings (SSSR count). The van der Waals surface area contributed by atoms with E-state index < -0.39 is 0 Å². The maximum Gasteiger partial charge on any atom is 0.237 e. The summed E-state index contributed by atoms with van der Waals surface area (Å²) in [6.07, 6.45) is 8.19. The van der Waals surface area contributed by atoms with Gasteiger partial charge in [-0.05, 0) is 18.1 Å². The van der Waals surface area contributed by atoms with Gasteiger partial charge in [-0.15, -0.1) is 0 Å². The van der Waals surface area contributed by atoms with Crippen molar-refractivity contribution in [2.75, 3.05) is 11.9 Å². The Hall–Kier alpha value is -2.43. The fourth-order valence-corrected chi connectivity index (χ4v) is 2.33. The fraction of sp³-hybridized carbons (Fsp3) is 0.267. The van der Waals surface area contributed by atoms with Gasteiger partial charge in [0.25, 0.3) is 0 Å². The third-order valence-corrected chi connectivity index (χ3v) is 3.35. The molecule has 1 atom stereocenters. The maximum atomic E-state index is 11.9. The molecule has 1 aromatic carbocycles. The Morgan fingerprint density at radius 1 is 1.40 bits per heavy atom. The van der Waals surface area contributed by atoms with Crippen LogP contribution in [0, 0.1) is 0 Å². The number of carbonyl (C=O) groups is 1. The smallest absolute Gasteiger partial charge is 0.237 e. The minimum absolute atomic E-state index is 0.00422. The van der Waals surface area contributed by atoms with Gasteiger partial charge in [0.2, 0.25) is 5.91 Å². The van der Waals surface area contributed by atoms with E-state index in [2.05, 4.69) is 15.3 Å². The van der Waals surface area contributed by atoms with Crippen LogP contribution >= 0.6 is 0 Å². The predicted molar refractivity (Wildman–Crippen MR) is 78.0 cm³/mol. The van der Waals surface area contributed by atoms with E-state index in [0.717, 1.165) is 24.2 Å². The van der Waals surface area contributed by atoms with Crippen molar-refractivity contribution in [3.8, 4) is 0 Å². The van der Waals surface area contributed by atoms with Crippen LogP contribution in [0.3, 0.4) is 0 Å². The molecular weight excluding hydrogens is 252 g/mol. The van der Waals surface area contributed by atoms with E-state index in [1.165, 1.54) is 0 Å². The largest absolute Gasteiger partial charge is 0.337 e. The number of hydrogen-bond donors (Lipinski definition) is 1. The van der Waals surface area contributed by atoms with Crippen molar-refractivity contribution in [1.82, 2.24) is 9.55 Å². The summed E-state index contributed by atoms with van der Waals surface area (Å²) in [6, 6.07) is 7.75. The van der Waals surface area contributed by atoms with Gasteiger partial charge in [-0.2, -0.15) is 0 Å². The Labute approximate surface area is 117 Å². The van der Waals surface area contributed by atoms with Crippen LogP contribution in [0.15, 0.2) is 48.0 Å². The third-order valence-electron chi connectivity index (χ3n) is 3.35. The first kappa shape index (κ1) is 12.6. The van der Waals surface area contributed by atoms with Crippen LogP contribution in [0.2, 0.25) is 0 Å². The van der Waals surface area contributed by atoms with Crippen molar-refractivity contribution in [2.45, 2.75) is 18.9 Å². The topological polar surface area (TPSA) is 59.3 Å². The third kappa shape index (κ3) is 2.61. The average Bonchev–Trinajstić information content (AvgIpc) is 3.06. The SMILES string of the molecule is O=C1Nc2ccccc2[C@H]1C=NCCCn1ccnc1. The molecule has 0 saturated heterocycles. The number of imidazole rings is 1. The first-order chi connectivity index (χ1) is 9.84. The molecule has 2 aromatic rings. The molecule has 1 amide bonds. The molecule has 5 nitrogen and oxygen atoms in total. The molecule has 0 bridgehead atoms. The summed E-state index contributed by atoms with van der Waals surface area (Å²) in [5, 5.41) is 2.87. The zero-order valence-electron chi connectivity index (χ0n) is 11.1. The van der Waals surface area contributed by atoms with Crippen molar-refractivity contribution in [2.24, 2.45) is 4.99 Å². The Morgan fingerprint density at radius 2 is 2.30 bits per heavy atom.